The summed E-state index contributed by atoms with van der Waals surface area (Å²) in [5, 5.41) is 9.13. The lowest BCUT2D eigenvalue weighted by molar-refractivity contribution is 0.358. The van der Waals surface area contributed by atoms with Crippen LogP contribution < -0.4 is 10.6 Å². The first-order valence-corrected chi connectivity index (χ1v) is 7.66. The van der Waals surface area contributed by atoms with Gasteiger partial charge in [0.2, 0.25) is 0 Å². The summed E-state index contributed by atoms with van der Waals surface area (Å²) in [5.74, 6) is 0.885. The zero-order valence-corrected chi connectivity index (χ0v) is 11.9. The fraction of sp³-hybridized carbons (Fsp3) is 0.667. The molecule has 0 radical (unpaired) electrons. The summed E-state index contributed by atoms with van der Waals surface area (Å²) in [5.41, 5.74) is 0. The normalized spacial score (nSPS) is 17.8. The van der Waals surface area contributed by atoms with Crippen LogP contribution in [-0.4, -0.2) is 26.2 Å². The maximum absolute atomic E-state index is 3.58. The van der Waals surface area contributed by atoms with E-state index in [-0.39, 0.29) is 0 Å². The zero-order chi connectivity index (χ0) is 11.2. The molecule has 0 saturated carbocycles. The van der Waals surface area contributed by atoms with Gasteiger partial charge in [-0.25, -0.2) is 0 Å². The number of hydrogen-bond donors (Lipinski definition) is 2. The summed E-state index contributed by atoms with van der Waals surface area (Å²) in [7, 11) is 0. The van der Waals surface area contributed by atoms with Gasteiger partial charge in [0.1, 0.15) is 0 Å². The van der Waals surface area contributed by atoms with E-state index in [2.05, 4.69) is 38.0 Å². The molecule has 0 aromatic carbocycles. The van der Waals surface area contributed by atoms with E-state index in [9.17, 15) is 0 Å². The van der Waals surface area contributed by atoms with Gasteiger partial charge in [0, 0.05) is 14.7 Å². The molecule has 90 valence electrons. The Labute approximate surface area is 110 Å². The lowest BCUT2D eigenvalue weighted by atomic mass is 9.98. The number of rotatable bonds is 5. The molecule has 2 N–H and O–H groups in total. The minimum atomic E-state index is 0.885. The van der Waals surface area contributed by atoms with E-state index in [1.54, 1.807) is 0 Å². The van der Waals surface area contributed by atoms with Crippen LogP contribution in [0.15, 0.2) is 15.9 Å². The molecule has 16 heavy (non-hydrogen) atoms. The molecule has 0 amide bonds. The van der Waals surface area contributed by atoms with Crippen molar-refractivity contribution in [1.29, 1.82) is 0 Å². The topological polar surface area (TPSA) is 24.1 Å². The highest BCUT2D eigenvalue weighted by Crippen LogP contribution is 2.19. The van der Waals surface area contributed by atoms with Crippen molar-refractivity contribution in [2.45, 2.75) is 19.3 Å². The number of piperidine rings is 1. The summed E-state index contributed by atoms with van der Waals surface area (Å²) < 4.78 is 1.21. The molecule has 1 fully saturated rings. The van der Waals surface area contributed by atoms with Crippen molar-refractivity contribution in [2.75, 3.05) is 26.2 Å². The third-order valence-corrected chi connectivity index (χ3v) is 4.82. The molecule has 0 aliphatic carbocycles. The molecule has 1 aliphatic heterocycles. The van der Waals surface area contributed by atoms with Crippen molar-refractivity contribution in [3.63, 3.8) is 0 Å². The fourth-order valence-electron chi connectivity index (χ4n) is 2.09. The molecular formula is C12H19BrN2S. The van der Waals surface area contributed by atoms with Crippen LogP contribution in [0.25, 0.3) is 0 Å². The molecule has 0 spiro atoms. The van der Waals surface area contributed by atoms with E-state index in [0.29, 0.717) is 0 Å². The monoisotopic (exact) mass is 302 g/mol. The number of nitrogens with one attached hydrogen (secondary N) is 2. The fourth-order valence-corrected chi connectivity index (χ4v) is 3.54. The molecule has 2 rings (SSSR count). The first-order valence-electron chi connectivity index (χ1n) is 5.99. The molecule has 1 saturated heterocycles. The van der Waals surface area contributed by atoms with Gasteiger partial charge in [0.25, 0.3) is 0 Å². The maximum Gasteiger partial charge on any atom is 0.0285 e. The van der Waals surface area contributed by atoms with Crippen molar-refractivity contribution in [3.8, 4) is 0 Å². The molecule has 1 aromatic rings. The van der Waals surface area contributed by atoms with E-state index in [1.165, 1.54) is 41.8 Å². The Morgan fingerprint density at radius 3 is 2.94 bits per heavy atom. The van der Waals surface area contributed by atoms with Crippen LogP contribution in [-0.2, 0) is 6.42 Å². The second kappa shape index (κ2) is 6.74. The number of hydrogen-bond acceptors (Lipinski definition) is 3. The van der Waals surface area contributed by atoms with Crippen LogP contribution >= 0.6 is 27.3 Å². The molecule has 2 heterocycles. The van der Waals surface area contributed by atoms with E-state index in [1.807, 2.05) is 11.3 Å². The highest BCUT2D eigenvalue weighted by molar-refractivity contribution is 9.10. The van der Waals surface area contributed by atoms with Gasteiger partial charge < -0.3 is 10.6 Å². The molecular weight excluding hydrogens is 284 g/mol. The largest absolute Gasteiger partial charge is 0.317 e. The molecule has 0 unspecified atom stereocenters. The predicted molar refractivity (Wildman–Crippen MR) is 74.2 cm³/mol. The highest BCUT2D eigenvalue weighted by Gasteiger charge is 2.11. The van der Waals surface area contributed by atoms with E-state index in [0.717, 1.165) is 18.9 Å². The summed E-state index contributed by atoms with van der Waals surface area (Å²) in [6, 6.07) is 2.22. The average Bonchev–Trinajstić information content (AvgIpc) is 2.72. The second-order valence-electron chi connectivity index (χ2n) is 4.38. The molecule has 0 atom stereocenters. The number of thiophene rings is 1. The smallest absolute Gasteiger partial charge is 0.0285 e. The Morgan fingerprint density at radius 2 is 2.25 bits per heavy atom. The van der Waals surface area contributed by atoms with Crippen LogP contribution in [0.2, 0.25) is 0 Å². The van der Waals surface area contributed by atoms with Gasteiger partial charge in [-0.2, -0.15) is 0 Å². The SMILES string of the molecule is Brc1csc(CCNCC2CCNCC2)c1. The second-order valence-corrected chi connectivity index (χ2v) is 6.29. The van der Waals surface area contributed by atoms with Gasteiger partial charge in [0.15, 0.2) is 0 Å². The Hall–Kier alpha value is 0.1000. The first kappa shape index (κ1) is 12.6. The lowest BCUT2D eigenvalue weighted by Gasteiger charge is -2.22. The first-order chi connectivity index (χ1) is 7.84. The number of halogens is 1. The van der Waals surface area contributed by atoms with Gasteiger partial charge >= 0.3 is 0 Å². The van der Waals surface area contributed by atoms with Gasteiger partial charge in [-0.15, -0.1) is 11.3 Å². The third-order valence-electron chi connectivity index (χ3n) is 3.06. The minimum absolute atomic E-state index is 0.885. The molecule has 1 aliphatic rings. The average molecular weight is 303 g/mol. The van der Waals surface area contributed by atoms with Crippen LogP contribution in [0.1, 0.15) is 17.7 Å². The van der Waals surface area contributed by atoms with E-state index < -0.39 is 0 Å². The summed E-state index contributed by atoms with van der Waals surface area (Å²) in [6.07, 6.45) is 3.82. The Balaban J connectivity index is 1.57. The van der Waals surface area contributed by atoms with Crippen molar-refractivity contribution >= 4 is 27.3 Å². The van der Waals surface area contributed by atoms with Gasteiger partial charge in [0.05, 0.1) is 0 Å². The van der Waals surface area contributed by atoms with Crippen molar-refractivity contribution < 1.29 is 0 Å². The molecule has 0 bridgehead atoms. The molecule has 1 aromatic heterocycles. The quantitative estimate of drug-likeness (QED) is 0.817. The molecule has 2 nitrogen and oxygen atoms in total. The van der Waals surface area contributed by atoms with Crippen molar-refractivity contribution in [1.82, 2.24) is 10.6 Å². The van der Waals surface area contributed by atoms with Gasteiger partial charge in [-0.05, 0) is 73.4 Å². The summed E-state index contributed by atoms with van der Waals surface area (Å²) >= 11 is 5.33. The Bertz CT molecular complexity index is 308. The van der Waals surface area contributed by atoms with Crippen LogP contribution in [0.4, 0.5) is 0 Å². The van der Waals surface area contributed by atoms with Crippen molar-refractivity contribution in [2.24, 2.45) is 5.92 Å². The maximum atomic E-state index is 3.58. The summed E-state index contributed by atoms with van der Waals surface area (Å²) in [6.45, 7) is 4.69. The third kappa shape index (κ3) is 4.17. The van der Waals surface area contributed by atoms with Crippen molar-refractivity contribution in [3.05, 3.63) is 20.8 Å². The van der Waals surface area contributed by atoms with Gasteiger partial charge in [-0.3, -0.25) is 0 Å². The Kier molecular flexibility index (Phi) is 5.29. The van der Waals surface area contributed by atoms with Crippen LogP contribution in [0.3, 0.4) is 0 Å². The van der Waals surface area contributed by atoms with Crippen LogP contribution in [0, 0.1) is 5.92 Å². The van der Waals surface area contributed by atoms with Crippen LogP contribution in [0.5, 0.6) is 0 Å². The predicted octanol–water partition coefficient (Wildman–Crippen LogP) is 2.64. The standard InChI is InChI=1S/C12H19BrN2S/c13-11-7-12(16-9-11)3-6-15-8-10-1-4-14-5-2-10/h7,9-10,14-15H,1-6,8H2. The Morgan fingerprint density at radius 1 is 1.44 bits per heavy atom. The van der Waals surface area contributed by atoms with E-state index in [4.69, 9.17) is 0 Å². The van der Waals surface area contributed by atoms with E-state index >= 15 is 0 Å². The lowest BCUT2D eigenvalue weighted by Crippen LogP contribution is -2.34. The molecule has 4 heteroatoms. The van der Waals surface area contributed by atoms with Gasteiger partial charge in [-0.1, -0.05) is 0 Å². The zero-order valence-electron chi connectivity index (χ0n) is 9.47. The summed E-state index contributed by atoms with van der Waals surface area (Å²) in [4.78, 5) is 1.46. The highest BCUT2D eigenvalue weighted by atomic mass is 79.9. The minimum Gasteiger partial charge on any atom is -0.317 e.